The highest BCUT2D eigenvalue weighted by atomic mass is 35.5. The Morgan fingerprint density at radius 2 is 1.88 bits per heavy atom. The van der Waals surface area contributed by atoms with Crippen LogP contribution in [0.1, 0.15) is 25.3 Å². The number of benzene rings is 1. The van der Waals surface area contributed by atoms with E-state index in [1.165, 1.54) is 0 Å². The first-order chi connectivity index (χ1) is 11.7. The number of rotatable bonds is 9. The molecule has 0 radical (unpaired) electrons. The van der Waals surface area contributed by atoms with Crippen LogP contribution in [0.3, 0.4) is 0 Å². The minimum atomic E-state index is -0.00795. The molecule has 0 aliphatic rings. The average Bonchev–Trinajstić information content (AvgIpc) is 2.61. The molecule has 0 atom stereocenters. The SMILES string of the molecule is CCOc1ccccc1Oc1ccc(CNC(=O)CCCN)cn1.Cl.Cl. The second kappa shape index (κ2) is 13.2. The number of ether oxygens (including phenoxy) is 2. The molecule has 0 unspecified atom stereocenters. The zero-order valence-corrected chi connectivity index (χ0v) is 16.3. The molecule has 1 aromatic carbocycles. The predicted octanol–water partition coefficient (Wildman–Crippen LogP) is 3.47. The summed E-state index contributed by atoms with van der Waals surface area (Å²) in [6.07, 6.45) is 2.82. The number of hydrogen-bond acceptors (Lipinski definition) is 5. The number of nitrogens with two attached hydrogens (primary N) is 1. The smallest absolute Gasteiger partial charge is 0.220 e. The lowest BCUT2D eigenvalue weighted by atomic mass is 10.2. The maximum Gasteiger partial charge on any atom is 0.220 e. The summed E-state index contributed by atoms with van der Waals surface area (Å²) >= 11 is 0. The molecule has 0 saturated carbocycles. The summed E-state index contributed by atoms with van der Waals surface area (Å²) in [7, 11) is 0. The summed E-state index contributed by atoms with van der Waals surface area (Å²) in [6.45, 7) is 3.44. The van der Waals surface area contributed by atoms with E-state index in [9.17, 15) is 4.79 Å². The summed E-state index contributed by atoms with van der Waals surface area (Å²) in [4.78, 5) is 15.8. The van der Waals surface area contributed by atoms with Gasteiger partial charge in [0.2, 0.25) is 11.8 Å². The van der Waals surface area contributed by atoms with Crippen LogP contribution in [0, 0.1) is 0 Å². The third kappa shape index (κ3) is 7.91. The van der Waals surface area contributed by atoms with E-state index in [4.69, 9.17) is 15.2 Å². The van der Waals surface area contributed by atoms with Crippen molar-refractivity contribution >= 4 is 30.7 Å². The number of aromatic nitrogens is 1. The molecular formula is C18H25Cl2N3O3. The summed E-state index contributed by atoms with van der Waals surface area (Å²) in [5, 5.41) is 2.83. The van der Waals surface area contributed by atoms with Crippen LogP contribution < -0.4 is 20.5 Å². The van der Waals surface area contributed by atoms with Crippen LogP contribution in [0.2, 0.25) is 0 Å². The Balaban J connectivity index is 0.00000312. The van der Waals surface area contributed by atoms with Crippen LogP contribution in [0.15, 0.2) is 42.6 Å². The normalized spacial score (nSPS) is 9.46. The van der Waals surface area contributed by atoms with Crippen molar-refractivity contribution < 1.29 is 14.3 Å². The molecule has 144 valence electrons. The molecule has 1 heterocycles. The van der Waals surface area contributed by atoms with Crippen molar-refractivity contribution in [3.8, 4) is 17.4 Å². The van der Waals surface area contributed by atoms with Gasteiger partial charge in [0, 0.05) is 25.2 Å². The highest BCUT2D eigenvalue weighted by molar-refractivity contribution is 5.85. The summed E-state index contributed by atoms with van der Waals surface area (Å²) in [5.74, 6) is 1.76. The Hall–Kier alpha value is -2.02. The molecule has 0 fully saturated rings. The van der Waals surface area contributed by atoms with E-state index >= 15 is 0 Å². The molecule has 2 rings (SSSR count). The molecule has 1 amide bonds. The molecule has 1 aromatic heterocycles. The largest absolute Gasteiger partial charge is 0.490 e. The number of para-hydroxylation sites is 2. The van der Waals surface area contributed by atoms with Gasteiger partial charge in [-0.15, -0.1) is 24.8 Å². The molecular weight excluding hydrogens is 377 g/mol. The zero-order valence-electron chi connectivity index (χ0n) is 14.6. The predicted molar refractivity (Wildman–Crippen MR) is 107 cm³/mol. The van der Waals surface area contributed by atoms with Crippen molar-refractivity contribution in [2.45, 2.75) is 26.3 Å². The van der Waals surface area contributed by atoms with Crippen LogP contribution in [0.5, 0.6) is 17.4 Å². The van der Waals surface area contributed by atoms with Crippen molar-refractivity contribution in [2.75, 3.05) is 13.2 Å². The minimum absolute atomic E-state index is 0. The van der Waals surface area contributed by atoms with Gasteiger partial charge in [0.1, 0.15) is 0 Å². The standard InChI is InChI=1S/C18H23N3O3.2ClH/c1-2-23-15-6-3-4-7-16(15)24-18-10-9-14(13-21-18)12-20-17(22)8-5-11-19;;/h3-4,6-7,9-10,13H,2,5,8,11-12,19H2,1H3,(H,20,22);2*1H. The molecule has 0 bridgehead atoms. The molecule has 0 aliphatic carbocycles. The van der Waals surface area contributed by atoms with E-state index in [1.807, 2.05) is 37.3 Å². The molecule has 3 N–H and O–H groups in total. The maximum atomic E-state index is 11.6. The number of amides is 1. The number of hydrogen-bond donors (Lipinski definition) is 2. The first-order valence-corrected chi connectivity index (χ1v) is 8.04. The van der Waals surface area contributed by atoms with Crippen LogP contribution in [0.25, 0.3) is 0 Å². The lowest BCUT2D eigenvalue weighted by Crippen LogP contribution is -2.23. The van der Waals surface area contributed by atoms with Crippen LogP contribution >= 0.6 is 24.8 Å². The molecule has 0 spiro atoms. The van der Waals surface area contributed by atoms with Crippen molar-refractivity contribution in [2.24, 2.45) is 5.73 Å². The van der Waals surface area contributed by atoms with Gasteiger partial charge in [-0.1, -0.05) is 18.2 Å². The minimum Gasteiger partial charge on any atom is -0.490 e. The van der Waals surface area contributed by atoms with Crippen LogP contribution in [0.4, 0.5) is 0 Å². The van der Waals surface area contributed by atoms with Crippen LogP contribution in [-0.4, -0.2) is 24.0 Å². The van der Waals surface area contributed by atoms with Gasteiger partial charge in [0.15, 0.2) is 11.5 Å². The lowest BCUT2D eigenvalue weighted by Gasteiger charge is -2.11. The number of nitrogens with zero attached hydrogens (tertiary/aromatic N) is 1. The number of nitrogens with one attached hydrogen (secondary N) is 1. The van der Waals surface area contributed by atoms with Gasteiger partial charge in [-0.2, -0.15) is 0 Å². The summed E-state index contributed by atoms with van der Waals surface area (Å²) in [5.41, 5.74) is 6.28. The number of pyridine rings is 1. The van der Waals surface area contributed by atoms with Crippen molar-refractivity contribution in [1.82, 2.24) is 10.3 Å². The van der Waals surface area contributed by atoms with E-state index in [1.54, 1.807) is 12.3 Å². The van der Waals surface area contributed by atoms with Gasteiger partial charge in [-0.05, 0) is 37.6 Å². The Morgan fingerprint density at radius 1 is 1.15 bits per heavy atom. The molecule has 26 heavy (non-hydrogen) atoms. The quantitative estimate of drug-likeness (QED) is 0.671. The molecule has 6 nitrogen and oxygen atoms in total. The number of carbonyl (C=O) groups excluding carboxylic acids is 1. The first kappa shape index (κ1) is 24.0. The van der Waals surface area contributed by atoms with E-state index in [-0.39, 0.29) is 30.7 Å². The molecule has 8 heteroatoms. The van der Waals surface area contributed by atoms with Crippen molar-refractivity contribution in [1.29, 1.82) is 0 Å². The third-order valence-corrected chi connectivity index (χ3v) is 3.26. The topological polar surface area (TPSA) is 86.5 Å². The van der Waals surface area contributed by atoms with E-state index < -0.39 is 0 Å². The Bertz CT molecular complexity index is 654. The second-order valence-corrected chi connectivity index (χ2v) is 5.16. The van der Waals surface area contributed by atoms with Gasteiger partial charge >= 0.3 is 0 Å². The highest BCUT2D eigenvalue weighted by Crippen LogP contribution is 2.30. The van der Waals surface area contributed by atoms with Gasteiger partial charge in [-0.25, -0.2) is 4.98 Å². The number of carbonyl (C=O) groups is 1. The Kier molecular flexibility index (Phi) is 12.2. The van der Waals surface area contributed by atoms with Gasteiger partial charge < -0.3 is 20.5 Å². The maximum absolute atomic E-state index is 11.6. The van der Waals surface area contributed by atoms with Crippen LogP contribution in [-0.2, 0) is 11.3 Å². The fourth-order valence-electron chi connectivity index (χ4n) is 2.05. The van der Waals surface area contributed by atoms with Crippen molar-refractivity contribution in [3.05, 3.63) is 48.2 Å². The van der Waals surface area contributed by atoms with E-state index in [2.05, 4.69) is 10.3 Å². The number of halogens is 2. The third-order valence-electron chi connectivity index (χ3n) is 3.26. The summed E-state index contributed by atoms with van der Waals surface area (Å²) < 4.78 is 11.3. The first-order valence-electron chi connectivity index (χ1n) is 8.04. The summed E-state index contributed by atoms with van der Waals surface area (Å²) in [6, 6.07) is 11.1. The van der Waals surface area contributed by atoms with Crippen molar-refractivity contribution in [3.63, 3.8) is 0 Å². The van der Waals surface area contributed by atoms with Gasteiger partial charge in [0.05, 0.1) is 6.61 Å². The Labute approximate surface area is 166 Å². The fourth-order valence-corrected chi connectivity index (χ4v) is 2.05. The molecule has 0 saturated heterocycles. The second-order valence-electron chi connectivity index (χ2n) is 5.16. The monoisotopic (exact) mass is 401 g/mol. The van der Waals surface area contributed by atoms with Gasteiger partial charge in [0.25, 0.3) is 0 Å². The zero-order chi connectivity index (χ0) is 17.2. The van der Waals surface area contributed by atoms with Gasteiger partial charge in [-0.3, -0.25) is 4.79 Å². The van der Waals surface area contributed by atoms with E-state index in [0.29, 0.717) is 49.9 Å². The highest BCUT2D eigenvalue weighted by Gasteiger charge is 2.06. The molecule has 0 aliphatic heterocycles. The van der Waals surface area contributed by atoms with E-state index in [0.717, 1.165) is 5.56 Å². The molecule has 2 aromatic rings. The average molecular weight is 402 g/mol. The fraction of sp³-hybridized carbons (Fsp3) is 0.333. The lowest BCUT2D eigenvalue weighted by molar-refractivity contribution is -0.121. The Morgan fingerprint density at radius 3 is 2.50 bits per heavy atom.